The van der Waals surface area contributed by atoms with Gasteiger partial charge in [0.2, 0.25) is 0 Å². The van der Waals surface area contributed by atoms with Crippen LogP contribution in [0.5, 0.6) is 0 Å². The molecule has 0 unspecified atom stereocenters. The molecule has 0 rings (SSSR count). The molecule has 0 radical (unpaired) electrons. The zero-order valence-corrected chi connectivity index (χ0v) is 7.98. The van der Waals surface area contributed by atoms with E-state index in [2.05, 4.69) is 10.4 Å². The second-order valence-electron chi connectivity index (χ2n) is 2.15. The third kappa shape index (κ3) is 7.21. The van der Waals surface area contributed by atoms with Gasteiger partial charge < -0.3 is 20.1 Å². The van der Waals surface area contributed by atoms with Crippen LogP contribution in [0.1, 0.15) is 13.3 Å². The molecular formula is C4H12N4O4Si. The summed E-state index contributed by atoms with van der Waals surface area (Å²) in [6.45, 7) is 1.66. The molecule has 0 aromatic rings. The van der Waals surface area contributed by atoms with Gasteiger partial charge in [0.1, 0.15) is 5.84 Å². The standard InChI is InChI=1S/C4H12N4O4Si/c1-2-3(6-4(5)9)7-8-13(10,11)12/h8,10-12H,2H2,1H3,(H3,5,6,7,9). The predicted molar refractivity (Wildman–Crippen MR) is 46.0 cm³/mol. The highest BCUT2D eigenvalue weighted by molar-refractivity contribution is 6.53. The number of nitrogens with two attached hydrogens (primary N) is 1. The highest BCUT2D eigenvalue weighted by Crippen LogP contribution is 1.82. The number of hydrogen-bond acceptors (Lipinski definition) is 6. The van der Waals surface area contributed by atoms with Crippen molar-refractivity contribution in [2.75, 3.05) is 0 Å². The van der Waals surface area contributed by atoms with E-state index in [1.807, 2.05) is 0 Å². The average Bonchev–Trinajstić information content (AvgIpc) is 1.95. The summed E-state index contributed by atoms with van der Waals surface area (Å²) in [5.41, 5.74) is 4.77. The molecule has 8 nitrogen and oxygen atoms in total. The molecule has 0 atom stereocenters. The van der Waals surface area contributed by atoms with Gasteiger partial charge in [0.05, 0.1) is 0 Å². The first-order chi connectivity index (χ1) is 5.85. The monoisotopic (exact) mass is 208 g/mol. The fraction of sp³-hybridized carbons (Fsp3) is 0.500. The Morgan fingerprint density at radius 3 is 2.38 bits per heavy atom. The highest BCUT2D eigenvalue weighted by Gasteiger charge is 2.27. The van der Waals surface area contributed by atoms with Crippen molar-refractivity contribution in [3.05, 3.63) is 0 Å². The Labute approximate surface area is 75.5 Å². The van der Waals surface area contributed by atoms with Gasteiger partial charge in [0.25, 0.3) is 0 Å². The van der Waals surface area contributed by atoms with Gasteiger partial charge in [0.15, 0.2) is 0 Å². The molecule has 0 heterocycles. The van der Waals surface area contributed by atoms with Crippen molar-refractivity contribution in [2.45, 2.75) is 13.3 Å². The van der Waals surface area contributed by atoms with Gasteiger partial charge in [-0.3, -0.25) is 10.4 Å². The Balaban J connectivity index is 4.15. The fourth-order valence-electron chi connectivity index (χ4n) is 0.480. The second kappa shape index (κ2) is 4.76. The summed E-state index contributed by atoms with van der Waals surface area (Å²) in [6.07, 6.45) is 0.320. The third-order valence-corrected chi connectivity index (χ3v) is 1.36. The lowest BCUT2D eigenvalue weighted by Crippen LogP contribution is -2.50. The molecule has 0 aromatic carbocycles. The van der Waals surface area contributed by atoms with Crippen molar-refractivity contribution in [3.63, 3.8) is 0 Å². The van der Waals surface area contributed by atoms with E-state index in [9.17, 15) is 4.79 Å². The normalized spacial score (nSPS) is 12.5. The molecule has 7 N–H and O–H groups in total. The SMILES string of the molecule is CCC(=NN[Si](O)(O)O)NC(N)=O. The van der Waals surface area contributed by atoms with Crippen molar-refractivity contribution in [1.82, 2.24) is 10.4 Å². The maximum atomic E-state index is 10.3. The first-order valence-corrected chi connectivity index (χ1v) is 5.26. The topological polar surface area (TPSA) is 140 Å². The third-order valence-electron chi connectivity index (χ3n) is 0.943. The van der Waals surface area contributed by atoms with E-state index in [-0.39, 0.29) is 5.84 Å². The number of primary amides is 1. The van der Waals surface area contributed by atoms with Crippen LogP contribution in [0, 0.1) is 0 Å². The minimum absolute atomic E-state index is 0.0986. The first kappa shape index (κ1) is 11.8. The minimum Gasteiger partial charge on any atom is -0.372 e. The van der Waals surface area contributed by atoms with Gasteiger partial charge >= 0.3 is 15.0 Å². The molecular weight excluding hydrogens is 196 g/mol. The maximum Gasteiger partial charge on any atom is 0.639 e. The van der Waals surface area contributed by atoms with Crippen LogP contribution in [0.4, 0.5) is 4.79 Å². The number of carbonyl (C=O) groups is 1. The lowest BCUT2D eigenvalue weighted by atomic mass is 10.4. The second-order valence-corrected chi connectivity index (χ2v) is 3.64. The number of urea groups is 1. The van der Waals surface area contributed by atoms with Gasteiger partial charge in [-0.2, -0.15) is 5.10 Å². The van der Waals surface area contributed by atoms with E-state index < -0.39 is 15.0 Å². The molecule has 2 amide bonds. The number of carbonyl (C=O) groups excluding carboxylic acids is 1. The van der Waals surface area contributed by atoms with Crippen LogP contribution in [0.3, 0.4) is 0 Å². The van der Waals surface area contributed by atoms with E-state index in [0.29, 0.717) is 6.42 Å². The summed E-state index contributed by atoms with van der Waals surface area (Å²) >= 11 is 0. The summed E-state index contributed by atoms with van der Waals surface area (Å²) in [6, 6.07) is -0.816. The van der Waals surface area contributed by atoms with Crippen LogP contribution in [0.15, 0.2) is 5.10 Å². The summed E-state index contributed by atoms with van der Waals surface area (Å²) < 4.78 is 0. The van der Waals surface area contributed by atoms with E-state index in [4.69, 9.17) is 20.1 Å². The molecule has 0 fully saturated rings. The van der Waals surface area contributed by atoms with Crippen molar-refractivity contribution in [1.29, 1.82) is 0 Å². The number of hydrazone groups is 1. The van der Waals surface area contributed by atoms with Gasteiger partial charge in [-0.25, -0.2) is 4.79 Å². The number of amides is 2. The van der Waals surface area contributed by atoms with Crippen LogP contribution in [0.2, 0.25) is 0 Å². The fourth-order valence-corrected chi connectivity index (χ4v) is 0.765. The molecule has 0 aromatic heterocycles. The quantitative estimate of drug-likeness (QED) is 0.130. The van der Waals surface area contributed by atoms with Crippen molar-refractivity contribution in [3.8, 4) is 0 Å². The molecule has 0 aliphatic heterocycles. The minimum atomic E-state index is -4.42. The smallest absolute Gasteiger partial charge is 0.372 e. The lowest BCUT2D eigenvalue weighted by Gasteiger charge is -2.09. The van der Waals surface area contributed by atoms with Crippen LogP contribution < -0.4 is 16.1 Å². The number of nitrogens with one attached hydrogen (secondary N) is 2. The molecule has 13 heavy (non-hydrogen) atoms. The Hall–Kier alpha value is -1.16. The predicted octanol–water partition coefficient (Wildman–Crippen LogP) is -2.62. The van der Waals surface area contributed by atoms with E-state index in [1.54, 1.807) is 12.0 Å². The Morgan fingerprint density at radius 1 is 1.54 bits per heavy atom. The summed E-state index contributed by atoms with van der Waals surface area (Å²) in [5, 5.41) is 7.14. The Bertz CT molecular complexity index is 213. The largest absolute Gasteiger partial charge is 0.639 e. The molecule has 76 valence electrons. The van der Waals surface area contributed by atoms with Crippen LogP contribution >= 0.6 is 0 Å². The van der Waals surface area contributed by atoms with Crippen LogP contribution in [0.25, 0.3) is 0 Å². The number of amidine groups is 1. The summed E-state index contributed by atoms with van der Waals surface area (Å²) in [5.74, 6) is 0.0986. The van der Waals surface area contributed by atoms with Crippen molar-refractivity contribution < 1.29 is 19.2 Å². The lowest BCUT2D eigenvalue weighted by molar-refractivity contribution is 0.210. The van der Waals surface area contributed by atoms with E-state index >= 15 is 0 Å². The summed E-state index contributed by atoms with van der Waals surface area (Å²) in [4.78, 5) is 35.8. The Kier molecular flexibility index (Phi) is 4.34. The molecule has 0 saturated heterocycles. The molecule has 0 aliphatic carbocycles. The van der Waals surface area contributed by atoms with Gasteiger partial charge in [-0.05, 0) is 0 Å². The van der Waals surface area contributed by atoms with Crippen molar-refractivity contribution >= 4 is 20.8 Å². The van der Waals surface area contributed by atoms with Crippen molar-refractivity contribution in [2.24, 2.45) is 10.8 Å². The van der Waals surface area contributed by atoms with Crippen LogP contribution in [-0.4, -0.2) is 35.2 Å². The molecule has 9 heteroatoms. The molecule has 0 bridgehead atoms. The molecule has 0 aliphatic rings. The average molecular weight is 208 g/mol. The zero-order valence-electron chi connectivity index (χ0n) is 6.98. The summed E-state index contributed by atoms with van der Waals surface area (Å²) in [7, 11) is -4.42. The maximum absolute atomic E-state index is 10.3. The van der Waals surface area contributed by atoms with Gasteiger partial charge in [0, 0.05) is 6.42 Å². The number of nitrogens with zero attached hydrogens (tertiary/aromatic N) is 1. The van der Waals surface area contributed by atoms with E-state index in [1.165, 1.54) is 0 Å². The van der Waals surface area contributed by atoms with E-state index in [0.717, 1.165) is 0 Å². The number of hydrogen-bond donors (Lipinski definition) is 6. The Morgan fingerprint density at radius 2 is 2.08 bits per heavy atom. The molecule has 0 saturated carbocycles. The first-order valence-electron chi connectivity index (χ1n) is 3.42. The van der Waals surface area contributed by atoms with Gasteiger partial charge in [-0.1, -0.05) is 6.92 Å². The molecule has 0 spiro atoms. The number of rotatable bonds is 3. The van der Waals surface area contributed by atoms with Crippen LogP contribution in [-0.2, 0) is 0 Å². The zero-order chi connectivity index (χ0) is 10.5. The highest BCUT2D eigenvalue weighted by atomic mass is 28.4. The van der Waals surface area contributed by atoms with Gasteiger partial charge in [-0.15, -0.1) is 0 Å².